The van der Waals surface area contributed by atoms with Gasteiger partial charge in [-0.25, -0.2) is 8.42 Å². The first kappa shape index (κ1) is 18.9. The Bertz CT molecular complexity index is 624. The highest BCUT2D eigenvalue weighted by Gasteiger charge is 2.30. The number of sulfonamides is 1. The number of rotatable bonds is 7. The summed E-state index contributed by atoms with van der Waals surface area (Å²) in [5, 5.41) is 2.94. The van der Waals surface area contributed by atoms with Crippen molar-refractivity contribution >= 4 is 15.9 Å². The summed E-state index contributed by atoms with van der Waals surface area (Å²) in [6, 6.07) is 8.51. The number of nitrogens with one attached hydrogen (secondary N) is 2. The maximum atomic E-state index is 12.6. The quantitative estimate of drug-likeness (QED) is 0.709. The minimum absolute atomic E-state index is 0.0463. The molecule has 1 aromatic rings. The Hall–Kier alpha value is -1.44. The largest absolute Gasteiger partial charge is 0.351 e. The predicted octanol–water partition coefficient (Wildman–Crippen LogP) is -0.262. The number of piperazine rings is 1. The minimum Gasteiger partial charge on any atom is -0.351 e. The number of benzene rings is 1. The van der Waals surface area contributed by atoms with Crippen LogP contribution in [0.5, 0.6) is 0 Å². The normalized spacial score (nSPS) is 17.1. The molecule has 0 unspecified atom stereocenters. The van der Waals surface area contributed by atoms with Crippen LogP contribution in [0.15, 0.2) is 35.2 Å². The Kier molecular flexibility index (Phi) is 6.77. The Balaban J connectivity index is 1.80. The Morgan fingerprint density at radius 1 is 1.21 bits per heavy atom. The summed E-state index contributed by atoms with van der Waals surface area (Å²) in [5.74, 6) is 0.620. The van der Waals surface area contributed by atoms with Crippen molar-refractivity contribution in [1.82, 2.24) is 9.62 Å². The first-order chi connectivity index (χ1) is 11.4. The van der Waals surface area contributed by atoms with Crippen LogP contribution in [0.4, 0.5) is 0 Å². The van der Waals surface area contributed by atoms with Crippen molar-refractivity contribution in [1.29, 1.82) is 0 Å². The number of carbonyl (C=O) groups excluding carboxylic acids is 1. The van der Waals surface area contributed by atoms with Crippen molar-refractivity contribution in [2.24, 2.45) is 5.92 Å². The van der Waals surface area contributed by atoms with Crippen LogP contribution in [-0.2, 0) is 14.8 Å². The highest BCUT2D eigenvalue weighted by molar-refractivity contribution is 7.89. The topological polar surface area (TPSA) is 70.9 Å². The summed E-state index contributed by atoms with van der Waals surface area (Å²) < 4.78 is 26.6. The summed E-state index contributed by atoms with van der Waals surface area (Å²) in [6.45, 7) is 7.59. The number of carbonyl (C=O) groups is 1. The van der Waals surface area contributed by atoms with Crippen LogP contribution in [0.1, 0.15) is 20.3 Å². The van der Waals surface area contributed by atoms with E-state index in [4.69, 9.17) is 0 Å². The first-order valence-corrected chi connectivity index (χ1v) is 9.99. The van der Waals surface area contributed by atoms with E-state index in [9.17, 15) is 13.2 Å². The van der Waals surface area contributed by atoms with Gasteiger partial charge < -0.3 is 10.2 Å². The van der Waals surface area contributed by atoms with Crippen molar-refractivity contribution < 1.29 is 18.1 Å². The summed E-state index contributed by atoms with van der Waals surface area (Å²) in [5.41, 5.74) is 0. The second-order valence-electron chi connectivity index (χ2n) is 6.68. The van der Waals surface area contributed by atoms with Crippen molar-refractivity contribution in [2.75, 3.05) is 39.3 Å². The molecular weight excluding hydrogens is 326 g/mol. The van der Waals surface area contributed by atoms with E-state index in [1.165, 1.54) is 4.31 Å². The molecule has 24 heavy (non-hydrogen) atoms. The smallest absolute Gasteiger partial charge is 0.275 e. The molecule has 0 aliphatic carbocycles. The number of nitrogens with zero attached hydrogens (tertiary/aromatic N) is 1. The molecule has 1 aromatic carbocycles. The van der Waals surface area contributed by atoms with Crippen molar-refractivity contribution in [3.05, 3.63) is 30.3 Å². The Labute approximate surface area is 144 Å². The van der Waals surface area contributed by atoms with E-state index in [2.05, 4.69) is 19.2 Å². The van der Waals surface area contributed by atoms with Crippen LogP contribution < -0.4 is 10.2 Å². The van der Waals surface area contributed by atoms with Gasteiger partial charge >= 0.3 is 0 Å². The molecule has 2 N–H and O–H groups in total. The van der Waals surface area contributed by atoms with Gasteiger partial charge in [0.2, 0.25) is 10.0 Å². The van der Waals surface area contributed by atoms with Crippen LogP contribution in [0.25, 0.3) is 0 Å². The molecule has 1 amide bonds. The first-order valence-electron chi connectivity index (χ1n) is 8.55. The summed E-state index contributed by atoms with van der Waals surface area (Å²) >= 11 is 0. The average Bonchev–Trinajstić information content (AvgIpc) is 2.56. The third-order valence-corrected chi connectivity index (χ3v) is 6.18. The molecule has 2 rings (SSSR count). The predicted molar refractivity (Wildman–Crippen MR) is 93.2 cm³/mol. The second kappa shape index (κ2) is 8.60. The lowest BCUT2D eigenvalue weighted by Crippen LogP contribution is -3.15. The van der Waals surface area contributed by atoms with Gasteiger partial charge in [-0.2, -0.15) is 4.31 Å². The molecule has 1 saturated heterocycles. The Morgan fingerprint density at radius 2 is 1.83 bits per heavy atom. The van der Waals surface area contributed by atoms with Gasteiger partial charge in [0.05, 0.1) is 31.1 Å². The molecule has 1 aliphatic rings. The molecule has 0 aromatic heterocycles. The molecule has 1 fully saturated rings. The van der Waals surface area contributed by atoms with Gasteiger partial charge in [0, 0.05) is 6.54 Å². The lowest BCUT2D eigenvalue weighted by atomic mass is 10.1. The van der Waals surface area contributed by atoms with Crippen molar-refractivity contribution in [2.45, 2.75) is 25.2 Å². The van der Waals surface area contributed by atoms with E-state index in [0.717, 1.165) is 11.3 Å². The third-order valence-electron chi connectivity index (χ3n) is 4.26. The fourth-order valence-electron chi connectivity index (χ4n) is 2.75. The number of hydrogen-bond acceptors (Lipinski definition) is 3. The van der Waals surface area contributed by atoms with Gasteiger partial charge in [0.25, 0.3) is 5.91 Å². The molecule has 0 spiro atoms. The van der Waals surface area contributed by atoms with Gasteiger partial charge in [-0.15, -0.1) is 0 Å². The van der Waals surface area contributed by atoms with E-state index < -0.39 is 10.0 Å². The summed E-state index contributed by atoms with van der Waals surface area (Å²) in [4.78, 5) is 13.4. The molecule has 0 radical (unpaired) electrons. The number of amides is 1. The zero-order valence-electron chi connectivity index (χ0n) is 14.5. The van der Waals surface area contributed by atoms with E-state index in [0.29, 0.717) is 50.1 Å². The van der Waals surface area contributed by atoms with Crippen LogP contribution in [0.3, 0.4) is 0 Å². The monoisotopic (exact) mass is 354 g/mol. The van der Waals surface area contributed by atoms with Gasteiger partial charge in [0.15, 0.2) is 6.54 Å². The summed E-state index contributed by atoms with van der Waals surface area (Å²) in [7, 11) is -3.42. The fraction of sp³-hybridized carbons (Fsp3) is 0.588. The third kappa shape index (κ3) is 5.29. The van der Waals surface area contributed by atoms with Crippen molar-refractivity contribution in [3.63, 3.8) is 0 Å². The molecule has 0 bridgehead atoms. The molecule has 0 atom stereocenters. The Morgan fingerprint density at radius 3 is 2.42 bits per heavy atom. The fourth-order valence-corrected chi connectivity index (χ4v) is 4.21. The van der Waals surface area contributed by atoms with E-state index >= 15 is 0 Å². The van der Waals surface area contributed by atoms with Crippen molar-refractivity contribution in [3.8, 4) is 0 Å². The lowest BCUT2D eigenvalue weighted by molar-refractivity contribution is -0.895. The van der Waals surface area contributed by atoms with E-state index in [1.807, 2.05) is 0 Å². The zero-order chi connectivity index (χ0) is 17.6. The minimum atomic E-state index is -3.42. The highest BCUT2D eigenvalue weighted by atomic mass is 32.2. The van der Waals surface area contributed by atoms with E-state index in [1.54, 1.807) is 30.3 Å². The SMILES string of the molecule is CC(C)CCNC(=O)C[NH+]1CCN(S(=O)(=O)c2ccccc2)CC1. The summed E-state index contributed by atoms with van der Waals surface area (Å²) in [6.07, 6.45) is 0.976. The average molecular weight is 354 g/mol. The molecule has 0 saturated carbocycles. The van der Waals surface area contributed by atoms with Crippen LogP contribution in [-0.4, -0.2) is 57.9 Å². The maximum Gasteiger partial charge on any atom is 0.275 e. The van der Waals surface area contributed by atoms with Gasteiger partial charge in [0.1, 0.15) is 0 Å². The molecule has 7 heteroatoms. The second-order valence-corrected chi connectivity index (χ2v) is 8.61. The van der Waals surface area contributed by atoms with Gasteiger partial charge in [-0.1, -0.05) is 32.0 Å². The molecule has 6 nitrogen and oxygen atoms in total. The molecule has 134 valence electrons. The lowest BCUT2D eigenvalue weighted by Gasteiger charge is -2.31. The van der Waals surface area contributed by atoms with Crippen LogP contribution in [0, 0.1) is 5.92 Å². The van der Waals surface area contributed by atoms with Gasteiger partial charge in [-0.05, 0) is 24.5 Å². The molecular formula is C17H28N3O3S+. The van der Waals surface area contributed by atoms with Gasteiger partial charge in [-0.3, -0.25) is 4.79 Å². The standard InChI is InChI=1S/C17H27N3O3S/c1-15(2)8-9-18-17(21)14-19-10-12-20(13-11-19)24(22,23)16-6-4-3-5-7-16/h3-7,15H,8-14H2,1-2H3,(H,18,21)/p+1. The zero-order valence-corrected chi connectivity index (χ0v) is 15.3. The molecule has 1 heterocycles. The van der Waals surface area contributed by atoms with E-state index in [-0.39, 0.29) is 5.91 Å². The maximum absolute atomic E-state index is 12.6. The number of quaternary nitrogens is 1. The van der Waals surface area contributed by atoms with Crippen LogP contribution in [0.2, 0.25) is 0 Å². The molecule has 1 aliphatic heterocycles. The highest BCUT2D eigenvalue weighted by Crippen LogP contribution is 2.14. The van der Waals surface area contributed by atoms with Crippen LogP contribution >= 0.6 is 0 Å². The number of hydrogen-bond donors (Lipinski definition) is 2.